The monoisotopic (exact) mass is 142 g/mol. The maximum atomic E-state index is 2.35. The van der Waals surface area contributed by atoms with Crippen LogP contribution in [0.25, 0.3) is 0 Å². The highest BCUT2D eigenvalue weighted by Crippen LogP contribution is 2.33. The molecule has 0 aromatic heterocycles. The van der Waals surface area contributed by atoms with Crippen LogP contribution in [-0.2, 0) is 0 Å². The van der Waals surface area contributed by atoms with Crippen molar-refractivity contribution < 1.29 is 0 Å². The highest BCUT2D eigenvalue weighted by Gasteiger charge is 2.18. The molecule has 1 fully saturated rings. The molecule has 0 aromatic carbocycles. The van der Waals surface area contributed by atoms with E-state index in [4.69, 9.17) is 0 Å². The van der Waals surface area contributed by atoms with E-state index in [1.165, 1.54) is 35.9 Å². The van der Waals surface area contributed by atoms with Gasteiger partial charge in [0.25, 0.3) is 0 Å². The van der Waals surface area contributed by atoms with Gasteiger partial charge in [-0.1, -0.05) is 44.6 Å². The Morgan fingerprint density at radius 2 is 2.00 bits per heavy atom. The largest absolute Gasteiger partial charge is 0.0651 e. The first-order valence-corrected chi connectivity index (χ1v) is 5.50. The van der Waals surface area contributed by atoms with Crippen LogP contribution >= 0.6 is 0 Å². The summed E-state index contributed by atoms with van der Waals surface area (Å²) in [5.41, 5.74) is 1.16. The van der Waals surface area contributed by atoms with Crippen LogP contribution in [0.4, 0.5) is 0 Å². The molecule has 0 radical (unpaired) electrons. The van der Waals surface area contributed by atoms with E-state index in [1.54, 1.807) is 6.42 Å². The Morgan fingerprint density at radius 1 is 1.33 bits per heavy atom. The Bertz CT molecular complexity index is 80.6. The van der Waals surface area contributed by atoms with Crippen molar-refractivity contribution in [1.82, 2.24) is 0 Å². The first-order chi connectivity index (χ1) is 4.34. The van der Waals surface area contributed by atoms with Gasteiger partial charge >= 0.3 is 0 Å². The molecule has 1 saturated carbocycles. The molecule has 0 nitrogen and oxygen atoms in total. The van der Waals surface area contributed by atoms with Crippen molar-refractivity contribution in [3.8, 4) is 0 Å². The van der Waals surface area contributed by atoms with Crippen molar-refractivity contribution in [2.24, 2.45) is 5.92 Å². The Morgan fingerprint density at radius 3 is 2.44 bits per heavy atom. The summed E-state index contributed by atoms with van der Waals surface area (Å²) >= 11 is 0. The highest BCUT2D eigenvalue weighted by atomic mass is 28.1. The lowest BCUT2D eigenvalue weighted by Crippen LogP contribution is -2.13. The molecule has 9 heavy (non-hydrogen) atoms. The van der Waals surface area contributed by atoms with E-state index in [0.29, 0.717) is 0 Å². The number of hydrogen-bond acceptors (Lipinski definition) is 0. The fourth-order valence-corrected chi connectivity index (χ4v) is 3.21. The van der Waals surface area contributed by atoms with Crippen molar-refractivity contribution in [1.29, 1.82) is 0 Å². The van der Waals surface area contributed by atoms with E-state index < -0.39 is 0 Å². The molecule has 1 heteroatoms. The average Bonchev–Trinajstić information content (AvgIpc) is 1.89. The minimum atomic E-state index is 1.12. The Hall–Kier alpha value is 0.217. The second-order valence-corrected chi connectivity index (χ2v) is 4.91. The number of rotatable bonds is 1. The molecule has 0 aromatic rings. The van der Waals surface area contributed by atoms with Crippen LogP contribution in [0.3, 0.4) is 0 Å². The lowest BCUT2D eigenvalue weighted by molar-refractivity contribution is 0.350. The fourth-order valence-electron chi connectivity index (χ4n) is 2.00. The van der Waals surface area contributed by atoms with Gasteiger partial charge in [-0.2, -0.15) is 0 Å². The van der Waals surface area contributed by atoms with Crippen molar-refractivity contribution in [2.45, 2.75) is 44.6 Å². The van der Waals surface area contributed by atoms with E-state index >= 15 is 0 Å². The molecule has 0 heterocycles. The molecule has 0 N–H and O–H groups in total. The molecule has 1 rings (SSSR count). The van der Waals surface area contributed by atoms with Gasteiger partial charge in [0.1, 0.15) is 0 Å². The first kappa shape index (κ1) is 7.33. The summed E-state index contributed by atoms with van der Waals surface area (Å²) in [6, 6.07) is 0. The predicted octanol–water partition coefficient (Wildman–Crippen LogP) is 1.74. The molecule has 2 unspecified atom stereocenters. The summed E-state index contributed by atoms with van der Waals surface area (Å²) < 4.78 is 0. The van der Waals surface area contributed by atoms with Crippen molar-refractivity contribution in [3.63, 3.8) is 0 Å². The van der Waals surface area contributed by atoms with Crippen LogP contribution in [0.1, 0.15) is 39.0 Å². The minimum absolute atomic E-state index is 1.12. The van der Waals surface area contributed by atoms with Crippen molar-refractivity contribution >= 4 is 10.2 Å². The van der Waals surface area contributed by atoms with Crippen LogP contribution < -0.4 is 0 Å². The Kier molecular flexibility index (Phi) is 2.77. The highest BCUT2D eigenvalue weighted by molar-refractivity contribution is 6.11. The molecule has 0 saturated heterocycles. The van der Waals surface area contributed by atoms with E-state index in [9.17, 15) is 0 Å². The zero-order valence-electron chi connectivity index (χ0n) is 6.69. The maximum Gasteiger partial charge on any atom is 0.00708 e. The van der Waals surface area contributed by atoms with Gasteiger partial charge < -0.3 is 0 Å². The number of hydrogen-bond donors (Lipinski definition) is 0. The molecule has 0 bridgehead atoms. The molecular weight excluding hydrogens is 124 g/mol. The summed E-state index contributed by atoms with van der Waals surface area (Å²) in [6.07, 6.45) is 7.55. The van der Waals surface area contributed by atoms with Gasteiger partial charge in [0.15, 0.2) is 0 Å². The lowest BCUT2D eigenvalue weighted by Gasteiger charge is -2.27. The van der Waals surface area contributed by atoms with E-state index in [2.05, 4.69) is 6.92 Å². The molecule has 1 aliphatic rings. The van der Waals surface area contributed by atoms with Gasteiger partial charge in [0.05, 0.1) is 0 Å². The first-order valence-electron chi connectivity index (χ1n) is 4.34. The third-order valence-electron chi connectivity index (χ3n) is 2.81. The van der Waals surface area contributed by atoms with Gasteiger partial charge in [0.2, 0.25) is 0 Å². The zero-order chi connectivity index (χ0) is 6.69. The molecule has 2 atom stereocenters. The van der Waals surface area contributed by atoms with Crippen molar-refractivity contribution in [2.75, 3.05) is 0 Å². The fraction of sp³-hybridized carbons (Fsp3) is 1.00. The normalized spacial score (nSPS) is 37.0. The molecule has 0 amide bonds. The van der Waals surface area contributed by atoms with Crippen LogP contribution in [0.5, 0.6) is 0 Å². The van der Waals surface area contributed by atoms with Crippen LogP contribution in [0, 0.1) is 5.92 Å². The van der Waals surface area contributed by atoms with Crippen LogP contribution in [0.15, 0.2) is 0 Å². The van der Waals surface area contributed by atoms with Crippen LogP contribution in [0.2, 0.25) is 5.54 Å². The molecular formula is C8H18Si. The quantitative estimate of drug-likeness (QED) is 0.489. The molecule has 1 aliphatic carbocycles. The van der Waals surface area contributed by atoms with Gasteiger partial charge in [-0.3, -0.25) is 0 Å². The van der Waals surface area contributed by atoms with Gasteiger partial charge in [-0.15, -0.1) is 0 Å². The SMILES string of the molecule is CCC1CCCCC1[SiH3]. The third kappa shape index (κ3) is 1.82. The van der Waals surface area contributed by atoms with Gasteiger partial charge in [-0.05, 0) is 5.92 Å². The lowest BCUT2D eigenvalue weighted by atomic mass is 9.87. The van der Waals surface area contributed by atoms with Crippen molar-refractivity contribution in [3.05, 3.63) is 0 Å². The Balaban J connectivity index is 2.30. The van der Waals surface area contributed by atoms with Gasteiger partial charge in [0, 0.05) is 10.2 Å². The van der Waals surface area contributed by atoms with E-state index in [-0.39, 0.29) is 0 Å². The predicted molar refractivity (Wildman–Crippen MR) is 45.9 cm³/mol. The smallest absolute Gasteiger partial charge is 0.00708 e. The van der Waals surface area contributed by atoms with Gasteiger partial charge in [-0.25, -0.2) is 0 Å². The second kappa shape index (κ2) is 3.40. The third-order valence-corrected chi connectivity index (χ3v) is 4.33. The topological polar surface area (TPSA) is 0 Å². The summed E-state index contributed by atoms with van der Waals surface area (Å²) in [5.74, 6) is 1.12. The second-order valence-electron chi connectivity index (χ2n) is 3.43. The van der Waals surface area contributed by atoms with E-state index in [1.807, 2.05) is 0 Å². The molecule has 0 spiro atoms. The minimum Gasteiger partial charge on any atom is -0.0651 e. The summed E-state index contributed by atoms with van der Waals surface area (Å²) in [5, 5.41) is 0. The molecule has 54 valence electrons. The maximum absolute atomic E-state index is 2.35. The zero-order valence-corrected chi connectivity index (χ0v) is 8.69. The summed E-state index contributed by atoms with van der Waals surface area (Å²) in [6.45, 7) is 2.35. The summed E-state index contributed by atoms with van der Waals surface area (Å²) in [4.78, 5) is 0. The Labute approximate surface area is 61.5 Å². The summed E-state index contributed by atoms with van der Waals surface area (Å²) in [7, 11) is 1.44. The molecule has 0 aliphatic heterocycles. The van der Waals surface area contributed by atoms with E-state index in [0.717, 1.165) is 11.5 Å². The average molecular weight is 142 g/mol. The standard InChI is InChI=1S/C8H18Si/c1-2-7-5-3-4-6-8(7)9/h7-8H,2-6H2,1,9H3. The van der Waals surface area contributed by atoms with Crippen LogP contribution in [-0.4, -0.2) is 10.2 Å².